The highest BCUT2D eigenvalue weighted by Crippen LogP contribution is 2.28. The Hall–Kier alpha value is -3.15. The molecule has 1 aliphatic heterocycles. The number of methoxy groups -OCH3 is 2. The average molecular weight is 327 g/mol. The first kappa shape index (κ1) is 15.7. The first-order valence-corrected chi connectivity index (χ1v) is 7.11. The molecule has 0 N–H and O–H groups in total. The SMILES string of the molecule is COc1ccc(/C=C2/N=C(c3ccc(F)cc3)OC2=O)c(OC)c1. The number of rotatable bonds is 4. The molecule has 0 unspecified atom stereocenters. The molecule has 0 saturated carbocycles. The maximum Gasteiger partial charge on any atom is 0.363 e. The van der Waals surface area contributed by atoms with E-state index in [0.29, 0.717) is 22.6 Å². The van der Waals surface area contributed by atoms with Crippen molar-refractivity contribution >= 4 is 17.9 Å². The number of cyclic esters (lactones) is 1. The van der Waals surface area contributed by atoms with Gasteiger partial charge in [0.25, 0.3) is 0 Å². The highest BCUT2D eigenvalue weighted by atomic mass is 19.1. The lowest BCUT2D eigenvalue weighted by atomic mass is 10.1. The smallest absolute Gasteiger partial charge is 0.363 e. The van der Waals surface area contributed by atoms with Gasteiger partial charge in [0.05, 0.1) is 14.2 Å². The van der Waals surface area contributed by atoms with Crippen LogP contribution in [0.1, 0.15) is 11.1 Å². The zero-order valence-electron chi connectivity index (χ0n) is 13.1. The summed E-state index contributed by atoms with van der Waals surface area (Å²) in [7, 11) is 3.08. The standard InChI is InChI=1S/C18H14FNO4/c1-22-14-8-5-12(16(10-14)23-2)9-15-18(21)24-17(20-15)11-3-6-13(19)7-4-11/h3-10H,1-2H3/b15-9+. The van der Waals surface area contributed by atoms with Crippen LogP contribution in [0, 0.1) is 5.82 Å². The minimum Gasteiger partial charge on any atom is -0.497 e. The van der Waals surface area contributed by atoms with Gasteiger partial charge in [0.15, 0.2) is 5.70 Å². The lowest BCUT2D eigenvalue weighted by molar-refractivity contribution is -0.129. The third kappa shape index (κ3) is 3.12. The van der Waals surface area contributed by atoms with Crippen LogP contribution < -0.4 is 9.47 Å². The molecule has 0 saturated heterocycles. The summed E-state index contributed by atoms with van der Waals surface area (Å²) in [6.07, 6.45) is 1.57. The number of ether oxygens (including phenoxy) is 3. The molecule has 3 rings (SSSR count). The van der Waals surface area contributed by atoms with E-state index in [9.17, 15) is 9.18 Å². The largest absolute Gasteiger partial charge is 0.497 e. The molecular formula is C18H14FNO4. The molecule has 24 heavy (non-hydrogen) atoms. The monoisotopic (exact) mass is 327 g/mol. The van der Waals surface area contributed by atoms with Gasteiger partial charge in [0, 0.05) is 17.2 Å². The van der Waals surface area contributed by atoms with Gasteiger partial charge in [-0.15, -0.1) is 0 Å². The second-order valence-electron chi connectivity index (χ2n) is 4.95. The van der Waals surface area contributed by atoms with E-state index in [1.54, 1.807) is 31.4 Å². The Bertz CT molecular complexity index is 841. The Labute approximate surface area is 138 Å². The molecule has 0 aliphatic carbocycles. The zero-order chi connectivity index (χ0) is 17.1. The van der Waals surface area contributed by atoms with E-state index in [2.05, 4.69) is 4.99 Å². The lowest BCUT2D eigenvalue weighted by Gasteiger charge is -2.07. The minimum absolute atomic E-state index is 0.137. The summed E-state index contributed by atoms with van der Waals surface area (Å²) in [6.45, 7) is 0. The molecule has 122 valence electrons. The van der Waals surface area contributed by atoms with Gasteiger partial charge in [-0.3, -0.25) is 0 Å². The van der Waals surface area contributed by atoms with E-state index in [1.165, 1.54) is 31.4 Å². The van der Waals surface area contributed by atoms with Gasteiger partial charge in [-0.05, 0) is 42.5 Å². The summed E-state index contributed by atoms with van der Waals surface area (Å²) in [5.41, 5.74) is 1.32. The topological polar surface area (TPSA) is 57.1 Å². The number of esters is 1. The van der Waals surface area contributed by atoms with E-state index in [1.807, 2.05) is 0 Å². The summed E-state index contributed by atoms with van der Waals surface area (Å²) in [5, 5.41) is 0. The van der Waals surface area contributed by atoms with E-state index < -0.39 is 5.97 Å². The molecule has 0 radical (unpaired) electrons. The van der Waals surface area contributed by atoms with Crippen LogP contribution in [0.2, 0.25) is 0 Å². The first-order chi connectivity index (χ1) is 11.6. The van der Waals surface area contributed by atoms with Crippen LogP contribution in [-0.4, -0.2) is 26.1 Å². The third-order valence-electron chi connectivity index (χ3n) is 3.44. The maximum atomic E-state index is 13.0. The molecule has 0 spiro atoms. The van der Waals surface area contributed by atoms with Gasteiger partial charge in [0.1, 0.15) is 17.3 Å². The van der Waals surface area contributed by atoms with Crippen LogP contribution in [0.25, 0.3) is 6.08 Å². The van der Waals surface area contributed by atoms with Gasteiger partial charge in [-0.1, -0.05) is 0 Å². The fraction of sp³-hybridized carbons (Fsp3) is 0.111. The normalized spacial score (nSPS) is 15.2. The fourth-order valence-electron chi connectivity index (χ4n) is 2.21. The van der Waals surface area contributed by atoms with Gasteiger partial charge in [-0.2, -0.15) is 0 Å². The van der Waals surface area contributed by atoms with E-state index in [0.717, 1.165) is 0 Å². The van der Waals surface area contributed by atoms with Crippen LogP contribution in [0.4, 0.5) is 4.39 Å². The summed E-state index contributed by atoms with van der Waals surface area (Å²) in [4.78, 5) is 16.2. The number of hydrogen-bond donors (Lipinski definition) is 0. The molecule has 0 bridgehead atoms. The average Bonchev–Trinajstić information content (AvgIpc) is 2.96. The Morgan fingerprint density at radius 2 is 1.83 bits per heavy atom. The molecule has 2 aromatic carbocycles. The lowest BCUT2D eigenvalue weighted by Crippen LogP contribution is -2.05. The number of hydrogen-bond acceptors (Lipinski definition) is 5. The van der Waals surface area contributed by atoms with E-state index >= 15 is 0 Å². The number of carbonyl (C=O) groups is 1. The van der Waals surface area contributed by atoms with Crippen molar-refractivity contribution in [2.24, 2.45) is 4.99 Å². The van der Waals surface area contributed by atoms with Gasteiger partial charge in [-0.25, -0.2) is 14.2 Å². The van der Waals surface area contributed by atoms with Crippen LogP contribution in [-0.2, 0) is 9.53 Å². The van der Waals surface area contributed by atoms with Crippen LogP contribution in [0.3, 0.4) is 0 Å². The second-order valence-corrected chi connectivity index (χ2v) is 4.95. The van der Waals surface area contributed by atoms with Crippen molar-refractivity contribution in [1.82, 2.24) is 0 Å². The molecular weight excluding hydrogens is 313 g/mol. The number of benzene rings is 2. The summed E-state index contributed by atoms with van der Waals surface area (Å²) in [6, 6.07) is 10.8. The minimum atomic E-state index is -0.577. The molecule has 1 aliphatic rings. The summed E-state index contributed by atoms with van der Waals surface area (Å²) < 4.78 is 28.5. The summed E-state index contributed by atoms with van der Waals surface area (Å²) in [5.74, 6) is 0.368. The molecule has 5 nitrogen and oxygen atoms in total. The Morgan fingerprint density at radius 1 is 1.08 bits per heavy atom. The molecule has 1 heterocycles. The van der Waals surface area contributed by atoms with Gasteiger partial charge >= 0.3 is 5.97 Å². The fourth-order valence-corrected chi connectivity index (χ4v) is 2.21. The van der Waals surface area contributed by atoms with E-state index in [-0.39, 0.29) is 17.4 Å². The van der Waals surface area contributed by atoms with Crippen LogP contribution in [0.5, 0.6) is 11.5 Å². The number of aliphatic imine (C=N–C) groups is 1. The highest BCUT2D eigenvalue weighted by Gasteiger charge is 2.24. The molecule has 6 heteroatoms. The van der Waals surface area contributed by atoms with Crippen molar-refractivity contribution < 1.29 is 23.4 Å². The van der Waals surface area contributed by atoms with Crippen molar-refractivity contribution in [3.8, 4) is 11.5 Å². The second kappa shape index (κ2) is 6.54. The van der Waals surface area contributed by atoms with E-state index in [4.69, 9.17) is 14.2 Å². The third-order valence-corrected chi connectivity index (χ3v) is 3.44. The first-order valence-electron chi connectivity index (χ1n) is 7.11. The predicted octanol–water partition coefficient (Wildman–Crippen LogP) is 3.19. The van der Waals surface area contributed by atoms with Crippen molar-refractivity contribution in [3.63, 3.8) is 0 Å². The summed E-state index contributed by atoms with van der Waals surface area (Å²) >= 11 is 0. The number of carbonyl (C=O) groups excluding carboxylic acids is 1. The predicted molar refractivity (Wildman–Crippen MR) is 86.6 cm³/mol. The van der Waals surface area contributed by atoms with Gasteiger partial charge in [0.2, 0.25) is 5.90 Å². The van der Waals surface area contributed by atoms with Gasteiger partial charge < -0.3 is 14.2 Å². The molecule has 0 aromatic heterocycles. The molecule has 0 fully saturated rings. The Balaban J connectivity index is 1.95. The van der Waals surface area contributed by atoms with Crippen molar-refractivity contribution in [3.05, 3.63) is 65.1 Å². The number of halogens is 1. The van der Waals surface area contributed by atoms with Crippen molar-refractivity contribution in [2.45, 2.75) is 0 Å². The molecule has 0 atom stereocenters. The van der Waals surface area contributed by atoms with Crippen LogP contribution >= 0.6 is 0 Å². The quantitative estimate of drug-likeness (QED) is 0.639. The maximum absolute atomic E-state index is 13.0. The number of nitrogens with zero attached hydrogens (tertiary/aromatic N) is 1. The molecule has 2 aromatic rings. The van der Waals surface area contributed by atoms with Crippen molar-refractivity contribution in [1.29, 1.82) is 0 Å². The Kier molecular flexibility index (Phi) is 4.29. The molecule has 0 amide bonds. The van der Waals surface area contributed by atoms with Crippen molar-refractivity contribution in [2.75, 3.05) is 14.2 Å². The van der Waals surface area contributed by atoms with Crippen LogP contribution in [0.15, 0.2) is 53.2 Å². The zero-order valence-corrected chi connectivity index (χ0v) is 13.1. The highest BCUT2D eigenvalue weighted by molar-refractivity contribution is 6.12. The Morgan fingerprint density at radius 3 is 2.50 bits per heavy atom.